The summed E-state index contributed by atoms with van der Waals surface area (Å²) in [7, 11) is 1.63. The summed E-state index contributed by atoms with van der Waals surface area (Å²) in [6, 6.07) is 11.8. The maximum Gasteiger partial charge on any atom is 0.305 e. The van der Waals surface area contributed by atoms with Crippen molar-refractivity contribution in [3.8, 4) is 28.6 Å². The maximum absolute atomic E-state index is 11.2. The number of ether oxygens (including phenoxy) is 4. The highest BCUT2D eigenvalue weighted by Gasteiger charge is 2.17. The molecule has 0 unspecified atom stereocenters. The normalized spacial score (nSPS) is 12.4. The Morgan fingerprint density at radius 3 is 2.79 bits per heavy atom. The Labute approximate surface area is 162 Å². The Morgan fingerprint density at radius 1 is 1.11 bits per heavy atom. The van der Waals surface area contributed by atoms with Crippen LogP contribution in [-0.4, -0.2) is 26.5 Å². The van der Waals surface area contributed by atoms with E-state index in [1.165, 1.54) is 0 Å². The fraction of sp³-hybridized carbons (Fsp3) is 0.318. The van der Waals surface area contributed by atoms with Gasteiger partial charge in [-0.05, 0) is 54.8 Å². The lowest BCUT2D eigenvalue weighted by molar-refractivity contribution is -0.143. The van der Waals surface area contributed by atoms with Gasteiger partial charge in [0.1, 0.15) is 5.76 Å². The van der Waals surface area contributed by atoms with E-state index in [0.29, 0.717) is 30.1 Å². The van der Waals surface area contributed by atoms with Crippen LogP contribution in [0.25, 0.3) is 22.3 Å². The first-order chi connectivity index (χ1) is 13.7. The lowest BCUT2D eigenvalue weighted by atomic mass is 10.1. The summed E-state index contributed by atoms with van der Waals surface area (Å²) in [5.74, 6) is 2.71. The molecule has 0 aliphatic carbocycles. The number of carbonyl (C=O) groups is 1. The van der Waals surface area contributed by atoms with E-state index in [-0.39, 0.29) is 12.8 Å². The average molecular weight is 382 g/mol. The summed E-state index contributed by atoms with van der Waals surface area (Å²) in [6.07, 6.45) is 1.94. The van der Waals surface area contributed by atoms with Gasteiger partial charge in [-0.25, -0.2) is 0 Å². The summed E-state index contributed by atoms with van der Waals surface area (Å²) in [5.41, 5.74) is 2.72. The van der Waals surface area contributed by atoms with Crippen molar-refractivity contribution in [1.29, 1.82) is 0 Å². The Morgan fingerprint density at radius 2 is 1.96 bits per heavy atom. The van der Waals surface area contributed by atoms with Crippen molar-refractivity contribution >= 4 is 16.9 Å². The van der Waals surface area contributed by atoms with Gasteiger partial charge in [0.05, 0.1) is 13.7 Å². The largest absolute Gasteiger partial charge is 0.493 e. The number of esters is 1. The molecule has 2 heterocycles. The first-order valence-electron chi connectivity index (χ1n) is 9.34. The van der Waals surface area contributed by atoms with Crippen molar-refractivity contribution in [2.75, 3.05) is 20.5 Å². The zero-order chi connectivity index (χ0) is 19.5. The van der Waals surface area contributed by atoms with Gasteiger partial charge in [-0.3, -0.25) is 4.79 Å². The summed E-state index contributed by atoms with van der Waals surface area (Å²) in [6.45, 7) is 2.45. The molecule has 0 spiro atoms. The van der Waals surface area contributed by atoms with Crippen LogP contribution in [-0.2, 0) is 16.0 Å². The van der Waals surface area contributed by atoms with Crippen LogP contribution in [0.4, 0.5) is 0 Å². The molecule has 0 N–H and O–H groups in total. The van der Waals surface area contributed by atoms with E-state index in [4.69, 9.17) is 23.4 Å². The van der Waals surface area contributed by atoms with Crippen LogP contribution in [0, 0.1) is 0 Å². The van der Waals surface area contributed by atoms with Crippen LogP contribution >= 0.6 is 0 Å². The average Bonchev–Trinajstić information content (AvgIpc) is 3.36. The molecule has 0 radical (unpaired) electrons. The number of methoxy groups -OCH3 is 1. The third-order valence-electron chi connectivity index (χ3n) is 4.68. The summed E-state index contributed by atoms with van der Waals surface area (Å²) >= 11 is 0. The summed E-state index contributed by atoms with van der Waals surface area (Å²) in [4.78, 5) is 11.2. The van der Waals surface area contributed by atoms with E-state index in [2.05, 4.69) is 6.07 Å². The first kappa shape index (κ1) is 18.2. The second kappa shape index (κ2) is 7.84. The third kappa shape index (κ3) is 3.63. The number of carbonyl (C=O) groups excluding carboxylic acids is 1. The quantitative estimate of drug-likeness (QED) is 0.435. The van der Waals surface area contributed by atoms with Crippen LogP contribution in [0.3, 0.4) is 0 Å². The van der Waals surface area contributed by atoms with Crippen LogP contribution < -0.4 is 14.2 Å². The SMILES string of the molecule is CCC(=O)OCCCc1cc(OC)c2oc(-c3ccc4c(c3)OCO4)cc2c1. The van der Waals surface area contributed by atoms with E-state index in [9.17, 15) is 4.79 Å². The molecule has 0 saturated carbocycles. The van der Waals surface area contributed by atoms with Crippen molar-refractivity contribution in [3.05, 3.63) is 42.0 Å². The predicted molar refractivity (Wildman–Crippen MR) is 104 cm³/mol. The standard InChI is InChI=1S/C22H22O6/c1-3-21(23)25-8-4-5-14-9-16-12-18(28-22(16)20(10-14)24-2)15-6-7-17-19(11-15)27-13-26-17/h6-7,9-12H,3-5,8,13H2,1-2H3. The van der Waals surface area contributed by atoms with Crippen molar-refractivity contribution in [1.82, 2.24) is 0 Å². The number of benzene rings is 2. The topological polar surface area (TPSA) is 67.1 Å². The monoisotopic (exact) mass is 382 g/mol. The Balaban J connectivity index is 1.57. The van der Waals surface area contributed by atoms with Gasteiger partial charge in [0.15, 0.2) is 22.8 Å². The second-order valence-corrected chi connectivity index (χ2v) is 6.57. The van der Waals surface area contributed by atoms with Gasteiger partial charge in [-0.1, -0.05) is 6.92 Å². The maximum atomic E-state index is 11.2. The van der Waals surface area contributed by atoms with Crippen LogP contribution in [0.15, 0.2) is 40.8 Å². The predicted octanol–water partition coefficient (Wildman–Crippen LogP) is 4.72. The molecule has 3 aromatic rings. The zero-order valence-corrected chi connectivity index (χ0v) is 15.9. The Bertz CT molecular complexity index is 1000. The molecule has 0 atom stereocenters. The van der Waals surface area contributed by atoms with Crippen molar-refractivity contribution in [2.24, 2.45) is 0 Å². The molecular formula is C22H22O6. The van der Waals surface area contributed by atoms with Crippen molar-refractivity contribution in [2.45, 2.75) is 26.2 Å². The lowest BCUT2D eigenvalue weighted by Gasteiger charge is -2.06. The Hall–Kier alpha value is -3.15. The zero-order valence-electron chi connectivity index (χ0n) is 15.9. The number of hydrogen-bond donors (Lipinski definition) is 0. The Kier molecular flexibility index (Phi) is 5.10. The molecule has 0 saturated heterocycles. The van der Waals surface area contributed by atoms with E-state index in [1.807, 2.05) is 30.3 Å². The minimum Gasteiger partial charge on any atom is -0.493 e. The molecule has 6 nitrogen and oxygen atoms in total. The molecule has 1 aliphatic rings. The highest BCUT2D eigenvalue weighted by atomic mass is 16.7. The molecule has 2 aromatic carbocycles. The molecule has 1 aliphatic heterocycles. The molecule has 0 amide bonds. The third-order valence-corrected chi connectivity index (χ3v) is 4.68. The molecule has 146 valence electrons. The van der Waals surface area contributed by atoms with Gasteiger partial charge in [-0.15, -0.1) is 0 Å². The molecule has 28 heavy (non-hydrogen) atoms. The second-order valence-electron chi connectivity index (χ2n) is 6.57. The number of hydrogen-bond acceptors (Lipinski definition) is 6. The minimum absolute atomic E-state index is 0.170. The first-order valence-corrected chi connectivity index (χ1v) is 9.34. The molecular weight excluding hydrogens is 360 g/mol. The fourth-order valence-corrected chi connectivity index (χ4v) is 3.23. The number of furan rings is 1. The molecule has 6 heteroatoms. The van der Waals surface area contributed by atoms with Gasteiger partial charge in [-0.2, -0.15) is 0 Å². The molecule has 1 aromatic heterocycles. The van der Waals surface area contributed by atoms with Crippen LogP contribution in [0.5, 0.6) is 17.2 Å². The molecule has 0 bridgehead atoms. The number of aryl methyl sites for hydroxylation is 1. The number of fused-ring (bicyclic) bond motifs is 2. The highest BCUT2D eigenvalue weighted by Crippen LogP contribution is 2.39. The summed E-state index contributed by atoms with van der Waals surface area (Å²) < 4.78 is 27.6. The minimum atomic E-state index is -0.170. The molecule has 0 fully saturated rings. The van der Waals surface area contributed by atoms with E-state index < -0.39 is 0 Å². The molecule has 4 rings (SSSR count). The highest BCUT2D eigenvalue weighted by molar-refractivity contribution is 5.88. The lowest BCUT2D eigenvalue weighted by Crippen LogP contribution is -2.04. The van der Waals surface area contributed by atoms with E-state index in [1.54, 1.807) is 14.0 Å². The van der Waals surface area contributed by atoms with E-state index >= 15 is 0 Å². The fourth-order valence-electron chi connectivity index (χ4n) is 3.23. The summed E-state index contributed by atoms with van der Waals surface area (Å²) in [5, 5.41) is 0.965. The van der Waals surface area contributed by atoms with Gasteiger partial charge < -0.3 is 23.4 Å². The van der Waals surface area contributed by atoms with Crippen LogP contribution in [0.1, 0.15) is 25.3 Å². The van der Waals surface area contributed by atoms with Crippen LogP contribution in [0.2, 0.25) is 0 Å². The smallest absolute Gasteiger partial charge is 0.305 e. The van der Waals surface area contributed by atoms with Crippen molar-refractivity contribution < 1.29 is 28.2 Å². The van der Waals surface area contributed by atoms with Gasteiger partial charge in [0.2, 0.25) is 6.79 Å². The van der Waals surface area contributed by atoms with Gasteiger partial charge in [0, 0.05) is 17.4 Å². The van der Waals surface area contributed by atoms with Gasteiger partial charge in [0.25, 0.3) is 0 Å². The van der Waals surface area contributed by atoms with Gasteiger partial charge >= 0.3 is 5.97 Å². The van der Waals surface area contributed by atoms with Crippen molar-refractivity contribution in [3.63, 3.8) is 0 Å². The number of rotatable bonds is 7. The van der Waals surface area contributed by atoms with E-state index in [0.717, 1.165) is 40.9 Å².